The summed E-state index contributed by atoms with van der Waals surface area (Å²) in [5, 5.41) is 11.3. The van der Waals surface area contributed by atoms with E-state index in [-0.39, 0.29) is 23.8 Å². The van der Waals surface area contributed by atoms with Gasteiger partial charge >= 0.3 is 5.97 Å². The molecule has 0 aliphatic heterocycles. The molecule has 0 unspecified atom stereocenters. The van der Waals surface area contributed by atoms with Gasteiger partial charge in [-0.25, -0.2) is 4.79 Å². The molecule has 80 valence electrons. The maximum absolute atomic E-state index is 11.3. The van der Waals surface area contributed by atoms with Crippen LogP contribution < -0.4 is 5.32 Å². The molecule has 1 amide bonds. The smallest absolute Gasteiger partial charge is 0.338 e. The number of amides is 1. The average Bonchev–Trinajstić information content (AvgIpc) is 2.26. The number of benzene rings is 1. The van der Waals surface area contributed by atoms with E-state index < -0.39 is 5.97 Å². The molecule has 0 spiro atoms. The summed E-state index contributed by atoms with van der Waals surface area (Å²) in [7, 11) is 1.46. The van der Waals surface area contributed by atoms with Crippen molar-refractivity contribution in [3.8, 4) is 5.75 Å². The Hall–Kier alpha value is -2.04. The van der Waals surface area contributed by atoms with E-state index in [9.17, 15) is 9.59 Å². The second kappa shape index (κ2) is 4.99. The first kappa shape index (κ1) is 11.0. The van der Waals surface area contributed by atoms with Crippen LogP contribution in [0.1, 0.15) is 10.4 Å². The molecule has 5 heteroatoms. The SMILES string of the molecule is CNC(=O)COC(=O)c1ccc(O)cc1. The van der Waals surface area contributed by atoms with Gasteiger partial charge in [0.1, 0.15) is 5.75 Å². The second-order valence-electron chi connectivity index (χ2n) is 2.80. The summed E-state index contributed by atoms with van der Waals surface area (Å²) in [5.74, 6) is -0.904. The molecular formula is C10H11NO4. The highest BCUT2D eigenvalue weighted by molar-refractivity contribution is 5.91. The molecule has 0 fully saturated rings. The average molecular weight is 209 g/mol. The summed E-state index contributed by atoms with van der Waals surface area (Å²) in [5.41, 5.74) is 0.289. The molecule has 1 rings (SSSR count). The minimum absolute atomic E-state index is 0.0675. The number of nitrogens with one attached hydrogen (secondary N) is 1. The fourth-order valence-electron chi connectivity index (χ4n) is 0.884. The zero-order valence-corrected chi connectivity index (χ0v) is 8.19. The monoisotopic (exact) mass is 209 g/mol. The summed E-state index contributed by atoms with van der Waals surface area (Å²) in [6.45, 7) is -0.309. The molecule has 0 aliphatic rings. The number of carbonyl (C=O) groups is 2. The van der Waals surface area contributed by atoms with E-state index >= 15 is 0 Å². The van der Waals surface area contributed by atoms with Gasteiger partial charge in [-0.2, -0.15) is 0 Å². The molecule has 5 nitrogen and oxygen atoms in total. The number of esters is 1. The van der Waals surface area contributed by atoms with Crippen molar-refractivity contribution in [2.24, 2.45) is 0 Å². The van der Waals surface area contributed by atoms with Crippen molar-refractivity contribution >= 4 is 11.9 Å². The molecule has 0 heterocycles. The lowest BCUT2D eigenvalue weighted by molar-refractivity contribution is -0.123. The maximum atomic E-state index is 11.3. The lowest BCUT2D eigenvalue weighted by Gasteiger charge is -2.03. The van der Waals surface area contributed by atoms with E-state index in [1.807, 2.05) is 0 Å². The topological polar surface area (TPSA) is 75.6 Å². The molecule has 0 radical (unpaired) electrons. The first-order valence-corrected chi connectivity index (χ1v) is 4.30. The molecule has 1 aromatic carbocycles. The number of phenolic OH excluding ortho intramolecular Hbond substituents is 1. The molecular weight excluding hydrogens is 198 g/mol. The first-order chi connectivity index (χ1) is 7.13. The van der Waals surface area contributed by atoms with Crippen LogP contribution in [0, 0.1) is 0 Å². The number of phenols is 1. The van der Waals surface area contributed by atoms with Gasteiger partial charge in [0.2, 0.25) is 0 Å². The first-order valence-electron chi connectivity index (χ1n) is 4.30. The Morgan fingerprint density at radius 3 is 2.47 bits per heavy atom. The van der Waals surface area contributed by atoms with E-state index in [1.165, 1.54) is 31.3 Å². The largest absolute Gasteiger partial charge is 0.508 e. The van der Waals surface area contributed by atoms with Gasteiger partial charge in [-0.1, -0.05) is 0 Å². The third-order valence-electron chi connectivity index (χ3n) is 1.72. The molecule has 1 aromatic rings. The number of carbonyl (C=O) groups excluding carboxylic acids is 2. The molecule has 0 saturated heterocycles. The third-order valence-corrected chi connectivity index (χ3v) is 1.72. The van der Waals surface area contributed by atoms with Gasteiger partial charge in [0, 0.05) is 7.05 Å². The van der Waals surface area contributed by atoms with Crippen molar-refractivity contribution in [1.82, 2.24) is 5.32 Å². The molecule has 0 bridgehead atoms. The van der Waals surface area contributed by atoms with E-state index in [0.717, 1.165) is 0 Å². The van der Waals surface area contributed by atoms with Crippen LogP contribution in [0.5, 0.6) is 5.75 Å². The predicted octanol–water partition coefficient (Wildman–Crippen LogP) is 0.295. The van der Waals surface area contributed by atoms with Crippen LogP contribution in [-0.2, 0) is 9.53 Å². The molecule has 2 N–H and O–H groups in total. The van der Waals surface area contributed by atoms with Gasteiger partial charge in [-0.3, -0.25) is 4.79 Å². The van der Waals surface area contributed by atoms with Gasteiger partial charge in [-0.15, -0.1) is 0 Å². The Kier molecular flexibility index (Phi) is 3.68. The van der Waals surface area contributed by atoms with Crippen molar-refractivity contribution in [1.29, 1.82) is 0 Å². The van der Waals surface area contributed by atoms with Crippen LogP contribution in [0.15, 0.2) is 24.3 Å². The fourth-order valence-corrected chi connectivity index (χ4v) is 0.884. The third kappa shape index (κ3) is 3.30. The van der Waals surface area contributed by atoms with Crippen molar-refractivity contribution < 1.29 is 19.4 Å². The Morgan fingerprint density at radius 2 is 1.93 bits per heavy atom. The quantitative estimate of drug-likeness (QED) is 0.702. The summed E-state index contributed by atoms with van der Waals surface area (Å²) in [4.78, 5) is 22.1. The zero-order valence-electron chi connectivity index (χ0n) is 8.19. The van der Waals surface area contributed by atoms with Crippen LogP contribution >= 0.6 is 0 Å². The van der Waals surface area contributed by atoms with Crippen molar-refractivity contribution in [2.75, 3.05) is 13.7 Å². The predicted molar refractivity (Wildman–Crippen MR) is 52.5 cm³/mol. The molecule has 15 heavy (non-hydrogen) atoms. The van der Waals surface area contributed by atoms with Crippen LogP contribution in [0.2, 0.25) is 0 Å². The lowest BCUT2D eigenvalue weighted by Crippen LogP contribution is -2.25. The number of likely N-dealkylation sites (N-methyl/N-ethyl adjacent to an activating group) is 1. The van der Waals surface area contributed by atoms with Crippen molar-refractivity contribution in [3.63, 3.8) is 0 Å². The Morgan fingerprint density at radius 1 is 1.33 bits per heavy atom. The van der Waals surface area contributed by atoms with Crippen LogP contribution in [0.4, 0.5) is 0 Å². The van der Waals surface area contributed by atoms with Crippen LogP contribution in [-0.4, -0.2) is 30.6 Å². The van der Waals surface area contributed by atoms with Gasteiger partial charge in [0.05, 0.1) is 5.56 Å². The van der Waals surface area contributed by atoms with E-state index in [0.29, 0.717) is 0 Å². The summed E-state index contributed by atoms with van der Waals surface area (Å²) in [6.07, 6.45) is 0. The van der Waals surface area contributed by atoms with E-state index in [4.69, 9.17) is 5.11 Å². The maximum Gasteiger partial charge on any atom is 0.338 e. The van der Waals surface area contributed by atoms with Crippen LogP contribution in [0.25, 0.3) is 0 Å². The highest BCUT2D eigenvalue weighted by atomic mass is 16.5. The Balaban J connectivity index is 2.54. The Bertz CT molecular complexity index is 358. The van der Waals surface area contributed by atoms with Gasteiger partial charge in [0.25, 0.3) is 5.91 Å². The fraction of sp³-hybridized carbons (Fsp3) is 0.200. The van der Waals surface area contributed by atoms with Gasteiger partial charge in [-0.05, 0) is 24.3 Å². The lowest BCUT2D eigenvalue weighted by atomic mass is 10.2. The normalized spacial score (nSPS) is 9.40. The molecule has 0 aliphatic carbocycles. The molecule has 0 atom stereocenters. The highest BCUT2D eigenvalue weighted by Gasteiger charge is 2.08. The van der Waals surface area contributed by atoms with E-state index in [2.05, 4.69) is 10.1 Å². The molecule has 0 saturated carbocycles. The Labute approximate surface area is 86.7 Å². The highest BCUT2D eigenvalue weighted by Crippen LogP contribution is 2.10. The summed E-state index contributed by atoms with van der Waals surface area (Å²) >= 11 is 0. The standard InChI is InChI=1S/C10H11NO4/c1-11-9(13)6-15-10(14)7-2-4-8(12)5-3-7/h2-5,12H,6H2,1H3,(H,11,13). The number of aromatic hydroxyl groups is 1. The number of rotatable bonds is 3. The van der Waals surface area contributed by atoms with E-state index in [1.54, 1.807) is 0 Å². The van der Waals surface area contributed by atoms with Crippen molar-refractivity contribution in [3.05, 3.63) is 29.8 Å². The number of ether oxygens (including phenoxy) is 1. The number of hydrogen-bond donors (Lipinski definition) is 2. The number of hydrogen-bond acceptors (Lipinski definition) is 4. The second-order valence-corrected chi connectivity index (χ2v) is 2.80. The van der Waals surface area contributed by atoms with Gasteiger partial charge < -0.3 is 15.2 Å². The molecule has 0 aromatic heterocycles. The zero-order chi connectivity index (χ0) is 11.3. The summed E-state index contributed by atoms with van der Waals surface area (Å²) < 4.78 is 4.69. The van der Waals surface area contributed by atoms with Crippen LogP contribution in [0.3, 0.4) is 0 Å². The summed E-state index contributed by atoms with van der Waals surface area (Å²) in [6, 6.07) is 5.58. The minimum atomic E-state index is -0.599. The minimum Gasteiger partial charge on any atom is -0.508 e. The van der Waals surface area contributed by atoms with Gasteiger partial charge in [0.15, 0.2) is 6.61 Å². The van der Waals surface area contributed by atoms with Crippen molar-refractivity contribution in [2.45, 2.75) is 0 Å².